The minimum absolute atomic E-state index is 0.367. The van der Waals surface area contributed by atoms with Gasteiger partial charge in [0.25, 0.3) is 0 Å². The molecule has 2 fully saturated rings. The second-order valence-corrected chi connectivity index (χ2v) is 4.03. The molecule has 0 aromatic carbocycles. The third kappa shape index (κ3) is 0.678. The van der Waals surface area contributed by atoms with Crippen LogP contribution >= 0.6 is 0 Å². The van der Waals surface area contributed by atoms with E-state index < -0.39 is 5.97 Å². The molecule has 0 spiro atoms. The molecule has 0 aliphatic heterocycles. The van der Waals surface area contributed by atoms with Gasteiger partial charge in [-0.25, -0.2) is 0 Å². The summed E-state index contributed by atoms with van der Waals surface area (Å²) in [6.07, 6.45) is 3.14. The van der Waals surface area contributed by atoms with Gasteiger partial charge in [-0.2, -0.15) is 0 Å². The molecule has 0 amide bonds. The van der Waals surface area contributed by atoms with Crippen molar-refractivity contribution >= 4 is 5.97 Å². The molecule has 2 nitrogen and oxygen atoms in total. The average molecular weight is 140 g/mol. The molecule has 56 valence electrons. The van der Waals surface area contributed by atoms with E-state index in [4.69, 9.17) is 5.11 Å². The number of hydrogen-bond donors (Lipinski definition) is 1. The molecule has 2 rings (SSSR count). The van der Waals surface area contributed by atoms with Crippen LogP contribution in [0.2, 0.25) is 0 Å². The predicted molar refractivity (Wildman–Crippen MR) is 36.6 cm³/mol. The Bertz CT molecular complexity index is 176. The monoisotopic (exact) mass is 140 g/mol. The Morgan fingerprint density at radius 3 is 2.30 bits per heavy atom. The molecule has 2 saturated carbocycles. The Balaban J connectivity index is 2.11. The second-order valence-electron chi connectivity index (χ2n) is 4.03. The van der Waals surface area contributed by atoms with E-state index in [1.165, 1.54) is 6.42 Å². The van der Waals surface area contributed by atoms with Crippen molar-refractivity contribution in [2.45, 2.75) is 26.2 Å². The Morgan fingerprint density at radius 2 is 2.00 bits per heavy atom. The fourth-order valence-electron chi connectivity index (χ4n) is 2.23. The summed E-state index contributed by atoms with van der Waals surface area (Å²) in [5.74, 6) is 0.932. The number of carboxylic acids is 1. The third-order valence-electron chi connectivity index (χ3n) is 3.01. The fourth-order valence-corrected chi connectivity index (χ4v) is 2.23. The summed E-state index contributed by atoms with van der Waals surface area (Å²) >= 11 is 0. The largest absolute Gasteiger partial charge is 0.481 e. The summed E-state index contributed by atoms with van der Waals surface area (Å²) < 4.78 is 0. The molecular formula is C8H12O2. The van der Waals surface area contributed by atoms with Crippen molar-refractivity contribution in [1.82, 2.24) is 0 Å². The van der Waals surface area contributed by atoms with Crippen LogP contribution in [0.25, 0.3) is 0 Å². The highest BCUT2D eigenvalue weighted by Gasteiger charge is 2.54. The van der Waals surface area contributed by atoms with Gasteiger partial charge in [-0.1, -0.05) is 0 Å². The molecule has 2 aliphatic carbocycles. The number of hydrogen-bond acceptors (Lipinski definition) is 1. The quantitative estimate of drug-likeness (QED) is 0.599. The van der Waals surface area contributed by atoms with E-state index in [-0.39, 0.29) is 5.41 Å². The first-order chi connectivity index (χ1) is 4.62. The van der Waals surface area contributed by atoms with Crippen LogP contribution in [0, 0.1) is 17.3 Å². The SMILES string of the molecule is CC1(C(=O)O)C[C@@H]2C[C@H]2C1. The first-order valence-corrected chi connectivity index (χ1v) is 3.85. The Hall–Kier alpha value is -0.530. The van der Waals surface area contributed by atoms with E-state index in [0.29, 0.717) is 0 Å². The van der Waals surface area contributed by atoms with Crippen molar-refractivity contribution in [3.63, 3.8) is 0 Å². The Morgan fingerprint density at radius 1 is 1.50 bits per heavy atom. The van der Waals surface area contributed by atoms with Crippen molar-refractivity contribution < 1.29 is 9.90 Å². The van der Waals surface area contributed by atoms with E-state index in [2.05, 4.69) is 0 Å². The van der Waals surface area contributed by atoms with Gasteiger partial charge in [0, 0.05) is 0 Å². The lowest BCUT2D eigenvalue weighted by molar-refractivity contribution is -0.148. The van der Waals surface area contributed by atoms with Gasteiger partial charge < -0.3 is 5.11 Å². The molecule has 1 N–H and O–H groups in total. The number of carbonyl (C=O) groups is 1. The van der Waals surface area contributed by atoms with Gasteiger partial charge in [0.2, 0.25) is 0 Å². The smallest absolute Gasteiger partial charge is 0.309 e. The number of carboxylic acid groups (broad SMARTS) is 1. The van der Waals surface area contributed by atoms with Crippen LogP contribution in [0.5, 0.6) is 0 Å². The molecule has 0 heterocycles. The van der Waals surface area contributed by atoms with Gasteiger partial charge in [0.1, 0.15) is 0 Å². The highest BCUT2D eigenvalue weighted by atomic mass is 16.4. The molecule has 0 bridgehead atoms. The van der Waals surface area contributed by atoms with E-state index >= 15 is 0 Å². The zero-order chi connectivity index (χ0) is 7.35. The zero-order valence-corrected chi connectivity index (χ0v) is 6.13. The standard InChI is InChI=1S/C8H12O2/c1-8(7(9)10)3-5-2-6(5)4-8/h5-6H,2-4H2,1H3,(H,9,10)/t5-,6-/m0/s1. The summed E-state index contributed by atoms with van der Waals surface area (Å²) in [4.78, 5) is 10.7. The Kier molecular flexibility index (Phi) is 0.960. The van der Waals surface area contributed by atoms with Gasteiger partial charge in [0.15, 0.2) is 0 Å². The van der Waals surface area contributed by atoms with Crippen molar-refractivity contribution in [2.75, 3.05) is 0 Å². The molecule has 2 aliphatic rings. The summed E-state index contributed by atoms with van der Waals surface area (Å²) in [7, 11) is 0. The molecule has 2 heteroatoms. The van der Waals surface area contributed by atoms with E-state index in [0.717, 1.165) is 24.7 Å². The maximum absolute atomic E-state index is 10.7. The lowest BCUT2D eigenvalue weighted by Gasteiger charge is -2.18. The molecular weight excluding hydrogens is 128 g/mol. The van der Waals surface area contributed by atoms with Crippen LogP contribution in [0.4, 0.5) is 0 Å². The minimum Gasteiger partial charge on any atom is -0.481 e. The van der Waals surface area contributed by atoms with Gasteiger partial charge in [-0.05, 0) is 38.0 Å². The highest BCUT2D eigenvalue weighted by molar-refractivity contribution is 5.74. The molecule has 0 saturated heterocycles. The summed E-state index contributed by atoms with van der Waals surface area (Å²) in [6.45, 7) is 1.88. The van der Waals surface area contributed by atoms with Crippen LogP contribution in [0.1, 0.15) is 26.2 Å². The van der Waals surface area contributed by atoms with Crippen LogP contribution < -0.4 is 0 Å². The van der Waals surface area contributed by atoms with Crippen LogP contribution in [-0.4, -0.2) is 11.1 Å². The van der Waals surface area contributed by atoms with E-state index in [9.17, 15) is 4.79 Å². The molecule has 2 atom stereocenters. The zero-order valence-electron chi connectivity index (χ0n) is 6.13. The van der Waals surface area contributed by atoms with E-state index in [1.54, 1.807) is 0 Å². The number of rotatable bonds is 1. The average Bonchev–Trinajstić information content (AvgIpc) is 2.41. The molecule has 10 heavy (non-hydrogen) atoms. The molecule has 0 radical (unpaired) electrons. The van der Waals surface area contributed by atoms with Crippen LogP contribution in [-0.2, 0) is 4.79 Å². The van der Waals surface area contributed by atoms with Crippen molar-refractivity contribution in [3.05, 3.63) is 0 Å². The fraction of sp³-hybridized carbons (Fsp3) is 0.875. The molecule has 0 aromatic rings. The van der Waals surface area contributed by atoms with Gasteiger partial charge in [-0.15, -0.1) is 0 Å². The van der Waals surface area contributed by atoms with Gasteiger partial charge >= 0.3 is 5.97 Å². The van der Waals surface area contributed by atoms with Gasteiger partial charge in [-0.3, -0.25) is 4.79 Å². The third-order valence-corrected chi connectivity index (χ3v) is 3.01. The van der Waals surface area contributed by atoms with Crippen molar-refractivity contribution in [2.24, 2.45) is 17.3 Å². The lowest BCUT2D eigenvalue weighted by atomic mass is 9.86. The maximum atomic E-state index is 10.7. The Labute approximate surface area is 60.2 Å². The first-order valence-electron chi connectivity index (χ1n) is 3.85. The highest BCUT2D eigenvalue weighted by Crippen LogP contribution is 2.59. The summed E-state index contributed by atoms with van der Waals surface area (Å²) in [5.41, 5.74) is -0.367. The minimum atomic E-state index is -0.597. The summed E-state index contributed by atoms with van der Waals surface area (Å²) in [6, 6.07) is 0. The first kappa shape index (κ1) is 6.20. The topological polar surface area (TPSA) is 37.3 Å². The predicted octanol–water partition coefficient (Wildman–Crippen LogP) is 1.51. The van der Waals surface area contributed by atoms with Crippen molar-refractivity contribution in [1.29, 1.82) is 0 Å². The number of aliphatic carboxylic acids is 1. The molecule has 0 aromatic heterocycles. The van der Waals surface area contributed by atoms with Crippen LogP contribution in [0.3, 0.4) is 0 Å². The lowest BCUT2D eigenvalue weighted by Crippen LogP contribution is -2.25. The van der Waals surface area contributed by atoms with Gasteiger partial charge in [0.05, 0.1) is 5.41 Å². The van der Waals surface area contributed by atoms with Crippen molar-refractivity contribution in [3.8, 4) is 0 Å². The summed E-state index contributed by atoms with van der Waals surface area (Å²) in [5, 5.41) is 8.81. The van der Waals surface area contributed by atoms with E-state index in [1.807, 2.05) is 6.92 Å². The second kappa shape index (κ2) is 1.55. The number of fused-ring (bicyclic) bond motifs is 1. The maximum Gasteiger partial charge on any atom is 0.309 e. The van der Waals surface area contributed by atoms with Crippen LogP contribution in [0.15, 0.2) is 0 Å². The molecule has 0 unspecified atom stereocenters. The normalized spacial score (nSPS) is 40.9.